The van der Waals surface area contributed by atoms with Crippen molar-refractivity contribution in [1.29, 1.82) is 0 Å². The first-order valence-corrected chi connectivity index (χ1v) is 7.51. The number of unbranched alkanes of at least 4 members (excludes halogenated alkanes) is 5. The molecular formula is C17H27FO. The smallest absolute Gasteiger partial charge is 0.123 e. The summed E-state index contributed by atoms with van der Waals surface area (Å²) >= 11 is 0. The monoisotopic (exact) mass is 266 g/mol. The maximum atomic E-state index is 13.2. The molecule has 1 aromatic carbocycles. The molecule has 0 saturated heterocycles. The van der Waals surface area contributed by atoms with E-state index in [0.717, 1.165) is 29.5 Å². The van der Waals surface area contributed by atoms with E-state index < -0.39 is 6.10 Å². The van der Waals surface area contributed by atoms with Gasteiger partial charge in [-0.25, -0.2) is 4.39 Å². The number of halogens is 1. The Hall–Kier alpha value is -0.890. The molecule has 1 nitrogen and oxygen atoms in total. The SMILES string of the molecule is CCCCCCCCC(O)c1c(C)cc(F)cc1C. The fourth-order valence-corrected chi connectivity index (χ4v) is 2.71. The summed E-state index contributed by atoms with van der Waals surface area (Å²) in [6, 6.07) is 3.01. The number of aryl methyl sites for hydroxylation is 2. The van der Waals surface area contributed by atoms with Gasteiger partial charge in [0.15, 0.2) is 0 Å². The molecule has 108 valence electrons. The summed E-state index contributed by atoms with van der Waals surface area (Å²) in [7, 11) is 0. The van der Waals surface area contributed by atoms with E-state index in [1.54, 1.807) is 0 Å². The van der Waals surface area contributed by atoms with Gasteiger partial charge in [0, 0.05) is 0 Å². The summed E-state index contributed by atoms with van der Waals surface area (Å²) < 4.78 is 13.2. The average Bonchev–Trinajstić information content (AvgIpc) is 2.32. The molecule has 0 bridgehead atoms. The molecule has 0 fully saturated rings. The Bertz CT molecular complexity index is 364. The first kappa shape index (κ1) is 16.2. The van der Waals surface area contributed by atoms with Crippen molar-refractivity contribution in [3.05, 3.63) is 34.6 Å². The Morgan fingerprint density at radius 1 is 1.00 bits per heavy atom. The third kappa shape index (κ3) is 5.32. The Morgan fingerprint density at radius 2 is 1.53 bits per heavy atom. The van der Waals surface area contributed by atoms with E-state index in [9.17, 15) is 9.50 Å². The predicted octanol–water partition coefficient (Wildman–Crippen LogP) is 5.23. The van der Waals surface area contributed by atoms with Crippen molar-refractivity contribution in [2.45, 2.75) is 71.8 Å². The first-order valence-electron chi connectivity index (χ1n) is 7.51. The molecule has 0 amide bonds. The largest absolute Gasteiger partial charge is 0.388 e. The van der Waals surface area contributed by atoms with Gasteiger partial charge in [-0.15, -0.1) is 0 Å². The molecule has 0 spiro atoms. The zero-order valence-electron chi connectivity index (χ0n) is 12.5. The minimum absolute atomic E-state index is 0.217. The second kappa shape index (κ2) is 8.31. The van der Waals surface area contributed by atoms with Crippen LogP contribution < -0.4 is 0 Å². The van der Waals surface area contributed by atoms with Crippen LogP contribution in [0.5, 0.6) is 0 Å². The van der Waals surface area contributed by atoms with Gasteiger partial charge in [0.05, 0.1) is 6.10 Å². The lowest BCUT2D eigenvalue weighted by atomic mass is 9.94. The molecule has 1 N–H and O–H groups in total. The Morgan fingerprint density at radius 3 is 2.11 bits per heavy atom. The molecule has 19 heavy (non-hydrogen) atoms. The predicted molar refractivity (Wildman–Crippen MR) is 78.8 cm³/mol. The van der Waals surface area contributed by atoms with Gasteiger partial charge < -0.3 is 5.11 Å². The maximum Gasteiger partial charge on any atom is 0.123 e. The summed E-state index contributed by atoms with van der Waals surface area (Å²) in [5, 5.41) is 10.3. The zero-order valence-corrected chi connectivity index (χ0v) is 12.5. The van der Waals surface area contributed by atoms with Gasteiger partial charge >= 0.3 is 0 Å². The molecule has 0 heterocycles. The highest BCUT2D eigenvalue weighted by atomic mass is 19.1. The minimum atomic E-state index is -0.452. The lowest BCUT2D eigenvalue weighted by Crippen LogP contribution is -2.04. The molecule has 1 unspecified atom stereocenters. The van der Waals surface area contributed by atoms with Crippen molar-refractivity contribution in [1.82, 2.24) is 0 Å². The van der Waals surface area contributed by atoms with Crippen LogP contribution in [-0.2, 0) is 0 Å². The summed E-state index contributed by atoms with van der Waals surface area (Å²) in [4.78, 5) is 0. The van der Waals surface area contributed by atoms with E-state index in [-0.39, 0.29) is 5.82 Å². The van der Waals surface area contributed by atoms with Crippen molar-refractivity contribution < 1.29 is 9.50 Å². The topological polar surface area (TPSA) is 20.2 Å². The fraction of sp³-hybridized carbons (Fsp3) is 0.647. The van der Waals surface area contributed by atoms with Crippen LogP contribution in [0.3, 0.4) is 0 Å². The van der Waals surface area contributed by atoms with Gasteiger partial charge in [-0.3, -0.25) is 0 Å². The molecule has 0 aliphatic rings. The van der Waals surface area contributed by atoms with Crippen LogP contribution in [0, 0.1) is 19.7 Å². The molecule has 1 atom stereocenters. The van der Waals surface area contributed by atoms with Gasteiger partial charge in [0.2, 0.25) is 0 Å². The molecule has 1 aromatic rings. The molecule has 1 rings (SSSR count). The van der Waals surface area contributed by atoms with E-state index in [1.807, 2.05) is 13.8 Å². The number of hydrogen-bond donors (Lipinski definition) is 1. The van der Waals surface area contributed by atoms with Gasteiger partial charge in [-0.1, -0.05) is 45.4 Å². The van der Waals surface area contributed by atoms with Crippen molar-refractivity contribution in [3.8, 4) is 0 Å². The molecule has 0 aliphatic heterocycles. The van der Waals surface area contributed by atoms with Crippen LogP contribution in [0.15, 0.2) is 12.1 Å². The van der Waals surface area contributed by atoms with Gasteiger partial charge in [0.1, 0.15) is 5.82 Å². The number of aliphatic hydroxyl groups is 1. The third-order valence-electron chi connectivity index (χ3n) is 3.72. The van der Waals surface area contributed by atoms with E-state index in [2.05, 4.69) is 6.92 Å². The molecular weight excluding hydrogens is 239 g/mol. The number of benzene rings is 1. The number of rotatable bonds is 8. The Labute approximate surface area is 116 Å². The van der Waals surface area contributed by atoms with Gasteiger partial charge in [-0.2, -0.15) is 0 Å². The lowest BCUT2D eigenvalue weighted by Gasteiger charge is -2.16. The van der Waals surface area contributed by atoms with Gasteiger partial charge in [0.25, 0.3) is 0 Å². The van der Waals surface area contributed by atoms with E-state index in [4.69, 9.17) is 0 Å². The Kier molecular flexibility index (Phi) is 7.07. The molecule has 2 heteroatoms. The van der Waals surface area contributed by atoms with Crippen molar-refractivity contribution in [2.75, 3.05) is 0 Å². The lowest BCUT2D eigenvalue weighted by molar-refractivity contribution is 0.162. The van der Waals surface area contributed by atoms with E-state index >= 15 is 0 Å². The normalized spacial score (nSPS) is 12.7. The number of aliphatic hydroxyl groups excluding tert-OH is 1. The summed E-state index contributed by atoms with van der Waals surface area (Å²) in [6.45, 7) is 5.95. The highest BCUT2D eigenvalue weighted by Crippen LogP contribution is 2.27. The average molecular weight is 266 g/mol. The van der Waals surface area contributed by atoms with Crippen LogP contribution in [0.2, 0.25) is 0 Å². The summed E-state index contributed by atoms with van der Waals surface area (Å²) in [5.41, 5.74) is 2.63. The van der Waals surface area contributed by atoms with E-state index in [1.165, 1.54) is 44.2 Å². The van der Waals surface area contributed by atoms with Crippen LogP contribution in [0.1, 0.15) is 74.7 Å². The van der Waals surface area contributed by atoms with Crippen molar-refractivity contribution in [2.24, 2.45) is 0 Å². The first-order chi connectivity index (χ1) is 9.06. The fourth-order valence-electron chi connectivity index (χ4n) is 2.71. The second-order valence-electron chi connectivity index (χ2n) is 5.53. The summed E-state index contributed by atoms with van der Waals surface area (Å²) in [5.74, 6) is -0.217. The summed E-state index contributed by atoms with van der Waals surface area (Å²) in [6.07, 6.45) is 7.65. The highest BCUT2D eigenvalue weighted by molar-refractivity contribution is 5.35. The minimum Gasteiger partial charge on any atom is -0.388 e. The third-order valence-corrected chi connectivity index (χ3v) is 3.72. The van der Waals surface area contributed by atoms with Crippen LogP contribution in [0.4, 0.5) is 4.39 Å². The van der Waals surface area contributed by atoms with Crippen molar-refractivity contribution in [3.63, 3.8) is 0 Å². The molecule has 0 aromatic heterocycles. The quantitative estimate of drug-likeness (QED) is 0.639. The highest BCUT2D eigenvalue weighted by Gasteiger charge is 2.14. The second-order valence-corrected chi connectivity index (χ2v) is 5.53. The van der Waals surface area contributed by atoms with Crippen molar-refractivity contribution >= 4 is 0 Å². The molecule has 0 aliphatic carbocycles. The molecule has 0 saturated carbocycles. The van der Waals surface area contributed by atoms with Gasteiger partial charge in [-0.05, 0) is 49.1 Å². The van der Waals surface area contributed by atoms with Crippen LogP contribution >= 0.6 is 0 Å². The standard InChI is InChI=1S/C17H27FO/c1-4-5-6-7-8-9-10-16(19)17-13(2)11-15(18)12-14(17)3/h11-12,16,19H,4-10H2,1-3H3. The van der Waals surface area contributed by atoms with Crippen LogP contribution in [0.25, 0.3) is 0 Å². The maximum absolute atomic E-state index is 13.2. The number of hydrogen-bond acceptors (Lipinski definition) is 1. The molecule has 0 radical (unpaired) electrons. The Balaban J connectivity index is 2.43. The zero-order chi connectivity index (χ0) is 14.3. The van der Waals surface area contributed by atoms with E-state index in [0.29, 0.717) is 0 Å². The van der Waals surface area contributed by atoms with Crippen LogP contribution in [-0.4, -0.2) is 5.11 Å².